The maximum Gasteiger partial charge on any atom is 0.333 e. The molecule has 0 saturated carbocycles. The first-order valence-electron chi connectivity index (χ1n) is 9.34. The summed E-state index contributed by atoms with van der Waals surface area (Å²) in [5.74, 6) is 0.933. The van der Waals surface area contributed by atoms with Crippen molar-refractivity contribution in [1.82, 2.24) is 0 Å². The van der Waals surface area contributed by atoms with Crippen LogP contribution >= 0.6 is 0 Å². The molecule has 0 aromatic rings. The number of ether oxygens (including phenoxy) is 3. The van der Waals surface area contributed by atoms with Gasteiger partial charge in [0, 0.05) is 11.1 Å². The minimum absolute atomic E-state index is 0.0984. The van der Waals surface area contributed by atoms with Gasteiger partial charge >= 0.3 is 28.0 Å². The summed E-state index contributed by atoms with van der Waals surface area (Å²) in [4.78, 5) is 36.6. The van der Waals surface area contributed by atoms with Gasteiger partial charge in [-0.1, -0.05) is 45.8 Å². The van der Waals surface area contributed by atoms with Gasteiger partial charge in [0.1, 0.15) is 18.6 Å². The molecule has 0 radical (unpaired) electrons. The average molecular weight is 450 g/mol. The lowest BCUT2D eigenvalue weighted by Gasteiger charge is -2.30. The van der Waals surface area contributed by atoms with Gasteiger partial charge in [-0.05, 0) is 20.3 Å². The van der Waals surface area contributed by atoms with Crippen molar-refractivity contribution in [2.45, 2.75) is 52.9 Å². The molecule has 0 aromatic carbocycles. The number of hydrogen-bond donors (Lipinski definition) is 1. The molecular formula is C19H31NO9S. The fourth-order valence-electron chi connectivity index (χ4n) is 2.26. The van der Waals surface area contributed by atoms with Crippen LogP contribution in [0.2, 0.25) is 0 Å². The van der Waals surface area contributed by atoms with Gasteiger partial charge in [0.15, 0.2) is 0 Å². The Morgan fingerprint density at radius 2 is 1.40 bits per heavy atom. The third-order valence-corrected chi connectivity index (χ3v) is 4.78. The van der Waals surface area contributed by atoms with Crippen molar-refractivity contribution in [3.8, 4) is 0 Å². The highest BCUT2D eigenvalue weighted by atomic mass is 32.2. The molecule has 172 valence electrons. The van der Waals surface area contributed by atoms with Crippen molar-refractivity contribution in [2.75, 3.05) is 19.2 Å². The predicted octanol–water partition coefficient (Wildman–Crippen LogP) is 1.90. The largest absolute Gasteiger partial charge is 0.461 e. The van der Waals surface area contributed by atoms with Crippen LogP contribution in [-0.4, -0.2) is 45.5 Å². The molecule has 30 heavy (non-hydrogen) atoms. The Balaban J connectivity index is 5.73. The summed E-state index contributed by atoms with van der Waals surface area (Å²) in [7, 11) is -4.30. The van der Waals surface area contributed by atoms with Crippen molar-refractivity contribution in [3.05, 3.63) is 24.3 Å². The summed E-state index contributed by atoms with van der Waals surface area (Å²) in [6.07, 6.45) is 3.19. The van der Waals surface area contributed by atoms with E-state index in [0.29, 0.717) is 6.42 Å². The lowest BCUT2D eigenvalue weighted by molar-refractivity contribution is -0.169. The minimum Gasteiger partial charge on any atom is -0.461 e. The second-order valence-electron chi connectivity index (χ2n) is 7.01. The molecule has 0 bridgehead atoms. The molecule has 0 amide bonds. The van der Waals surface area contributed by atoms with Crippen molar-refractivity contribution in [3.63, 3.8) is 0 Å². The SMILES string of the molecule is C=C(C)C(=O)OCC(CCCCCC)(COC(=O)C(=C)C)C(=O)OCS(=O)(=O)ON. The fraction of sp³-hybridized carbons (Fsp3) is 0.632. The van der Waals surface area contributed by atoms with Gasteiger partial charge in [-0.25, -0.2) is 9.59 Å². The zero-order valence-corrected chi connectivity index (χ0v) is 18.5. The van der Waals surface area contributed by atoms with Crippen LogP contribution in [0.3, 0.4) is 0 Å². The standard InChI is InChI=1S/C19H31NO9S/c1-6-7-8-9-10-19(11-26-16(21)14(2)3,12-27-17(22)15(4)5)18(23)28-13-30(24,25)29-20/h2,4,6-13,20H2,1,3,5H3. The monoisotopic (exact) mass is 449 g/mol. The molecular weight excluding hydrogens is 418 g/mol. The van der Waals surface area contributed by atoms with Crippen molar-refractivity contribution < 1.29 is 41.3 Å². The third-order valence-electron chi connectivity index (χ3n) is 4.08. The Kier molecular flexibility index (Phi) is 12.2. The lowest BCUT2D eigenvalue weighted by atomic mass is 9.83. The van der Waals surface area contributed by atoms with E-state index < -0.39 is 52.6 Å². The summed E-state index contributed by atoms with van der Waals surface area (Å²) < 4.78 is 41.7. The molecule has 11 heteroatoms. The number of carbonyl (C=O) groups is 3. The van der Waals surface area contributed by atoms with E-state index in [-0.39, 0.29) is 17.6 Å². The van der Waals surface area contributed by atoms with E-state index in [0.717, 1.165) is 19.3 Å². The Morgan fingerprint density at radius 1 is 0.900 bits per heavy atom. The van der Waals surface area contributed by atoms with Gasteiger partial charge < -0.3 is 14.2 Å². The van der Waals surface area contributed by atoms with Crippen LogP contribution in [-0.2, 0) is 43.0 Å². The van der Waals surface area contributed by atoms with Gasteiger partial charge in [0.2, 0.25) is 5.94 Å². The van der Waals surface area contributed by atoms with Gasteiger partial charge in [-0.3, -0.25) is 4.79 Å². The van der Waals surface area contributed by atoms with Crippen LogP contribution in [0.15, 0.2) is 24.3 Å². The quantitative estimate of drug-likeness (QED) is 0.129. The second kappa shape index (κ2) is 13.1. The van der Waals surface area contributed by atoms with E-state index >= 15 is 0 Å². The number of rotatable bonds is 15. The van der Waals surface area contributed by atoms with Gasteiger partial charge in [0.25, 0.3) is 0 Å². The van der Waals surface area contributed by atoms with Crippen LogP contribution in [0.4, 0.5) is 0 Å². The molecule has 0 fully saturated rings. The summed E-state index contributed by atoms with van der Waals surface area (Å²) in [6.45, 7) is 10.8. The summed E-state index contributed by atoms with van der Waals surface area (Å²) in [5, 5.41) is 0. The molecule has 0 aliphatic rings. The number of carbonyl (C=O) groups excluding carboxylic acids is 3. The Bertz CT molecular complexity index is 713. The van der Waals surface area contributed by atoms with Gasteiger partial charge in [-0.2, -0.15) is 18.6 Å². The molecule has 0 saturated heterocycles. The molecule has 2 N–H and O–H groups in total. The van der Waals surface area contributed by atoms with E-state index in [1.165, 1.54) is 13.8 Å². The van der Waals surface area contributed by atoms with Gasteiger partial charge in [0.05, 0.1) is 0 Å². The summed E-state index contributed by atoms with van der Waals surface area (Å²) >= 11 is 0. The zero-order valence-electron chi connectivity index (χ0n) is 17.7. The highest BCUT2D eigenvalue weighted by Gasteiger charge is 2.43. The highest BCUT2D eigenvalue weighted by molar-refractivity contribution is 7.86. The fourth-order valence-corrected chi connectivity index (χ4v) is 2.56. The highest BCUT2D eigenvalue weighted by Crippen LogP contribution is 2.30. The maximum atomic E-state index is 12.8. The van der Waals surface area contributed by atoms with E-state index in [1.54, 1.807) is 0 Å². The molecule has 0 atom stereocenters. The first-order valence-corrected chi connectivity index (χ1v) is 10.9. The Morgan fingerprint density at radius 3 is 1.80 bits per heavy atom. The first-order chi connectivity index (χ1) is 13.9. The molecule has 0 aromatic heterocycles. The molecule has 10 nitrogen and oxygen atoms in total. The molecule has 0 unspecified atom stereocenters. The smallest absolute Gasteiger partial charge is 0.333 e. The summed E-state index contributed by atoms with van der Waals surface area (Å²) in [5.41, 5.74) is -1.43. The van der Waals surface area contributed by atoms with Crippen LogP contribution in [0, 0.1) is 5.41 Å². The van der Waals surface area contributed by atoms with Gasteiger partial charge in [-0.15, -0.1) is 0 Å². The maximum absolute atomic E-state index is 12.8. The number of esters is 3. The lowest BCUT2D eigenvalue weighted by Crippen LogP contribution is -2.44. The van der Waals surface area contributed by atoms with Crippen LogP contribution in [0.25, 0.3) is 0 Å². The van der Waals surface area contributed by atoms with Crippen molar-refractivity contribution in [2.24, 2.45) is 11.3 Å². The van der Waals surface area contributed by atoms with Crippen molar-refractivity contribution >= 4 is 28.0 Å². The van der Waals surface area contributed by atoms with E-state index in [1.807, 2.05) is 6.92 Å². The molecule has 0 aliphatic heterocycles. The molecule has 0 heterocycles. The molecule has 0 aliphatic carbocycles. The van der Waals surface area contributed by atoms with E-state index in [4.69, 9.17) is 14.2 Å². The molecule has 0 rings (SSSR count). The van der Waals surface area contributed by atoms with Crippen LogP contribution in [0.5, 0.6) is 0 Å². The van der Waals surface area contributed by atoms with E-state index in [9.17, 15) is 22.8 Å². The van der Waals surface area contributed by atoms with Crippen LogP contribution < -0.4 is 5.90 Å². The van der Waals surface area contributed by atoms with Crippen LogP contribution in [0.1, 0.15) is 52.9 Å². The Hall–Kier alpha value is -2.24. The number of unbranched alkanes of at least 4 members (excludes halogenated alkanes) is 3. The Labute approximate surface area is 177 Å². The topological polar surface area (TPSA) is 148 Å². The summed E-state index contributed by atoms with van der Waals surface area (Å²) in [6, 6.07) is 0. The van der Waals surface area contributed by atoms with E-state index in [2.05, 4.69) is 23.3 Å². The third kappa shape index (κ3) is 9.99. The average Bonchev–Trinajstić information content (AvgIpc) is 2.70. The number of nitrogens with two attached hydrogens (primary N) is 1. The predicted molar refractivity (Wildman–Crippen MR) is 108 cm³/mol. The number of hydrogen-bond acceptors (Lipinski definition) is 10. The van der Waals surface area contributed by atoms with Crippen molar-refractivity contribution in [1.29, 1.82) is 0 Å². The first kappa shape index (κ1) is 27.8. The second-order valence-corrected chi connectivity index (χ2v) is 8.55. The normalized spacial score (nSPS) is 11.5. The minimum atomic E-state index is -4.30. The zero-order chi connectivity index (χ0) is 23.4. The molecule has 0 spiro atoms.